The highest BCUT2D eigenvalue weighted by molar-refractivity contribution is 5.17. The van der Waals surface area contributed by atoms with Crippen molar-refractivity contribution < 1.29 is 8.78 Å². The summed E-state index contributed by atoms with van der Waals surface area (Å²) in [7, 11) is 1.96. The Labute approximate surface area is 101 Å². The zero-order chi connectivity index (χ0) is 13.1. The second-order valence-corrected chi connectivity index (χ2v) is 4.96. The van der Waals surface area contributed by atoms with Gasteiger partial charge in [-0.15, -0.1) is 0 Å². The molecule has 0 aliphatic carbocycles. The Morgan fingerprint density at radius 2 is 1.88 bits per heavy atom. The summed E-state index contributed by atoms with van der Waals surface area (Å²) in [5, 5.41) is 0. The van der Waals surface area contributed by atoms with E-state index in [9.17, 15) is 8.78 Å². The second-order valence-electron chi connectivity index (χ2n) is 4.96. The van der Waals surface area contributed by atoms with Crippen LogP contribution in [0, 0.1) is 11.6 Å². The van der Waals surface area contributed by atoms with Gasteiger partial charge in [0, 0.05) is 12.1 Å². The van der Waals surface area contributed by atoms with Crippen LogP contribution in [-0.4, -0.2) is 24.0 Å². The molecular formula is C13H20F2N2. The molecule has 1 aromatic carbocycles. The van der Waals surface area contributed by atoms with Crippen LogP contribution >= 0.6 is 0 Å². The lowest BCUT2D eigenvalue weighted by Gasteiger charge is -2.35. The molecule has 0 spiro atoms. The molecule has 0 heterocycles. The number of rotatable bonds is 5. The molecule has 1 aromatic rings. The third kappa shape index (κ3) is 3.75. The van der Waals surface area contributed by atoms with E-state index in [1.807, 2.05) is 7.05 Å². The van der Waals surface area contributed by atoms with E-state index in [0.29, 0.717) is 13.1 Å². The van der Waals surface area contributed by atoms with Gasteiger partial charge in [0.15, 0.2) is 11.6 Å². The minimum atomic E-state index is -0.808. The summed E-state index contributed by atoms with van der Waals surface area (Å²) in [4.78, 5) is 2.09. The molecule has 0 bridgehead atoms. The second kappa shape index (κ2) is 5.56. The summed E-state index contributed by atoms with van der Waals surface area (Å²) in [5.41, 5.74) is 6.26. The topological polar surface area (TPSA) is 29.3 Å². The predicted molar refractivity (Wildman–Crippen MR) is 65.6 cm³/mol. The van der Waals surface area contributed by atoms with Crippen molar-refractivity contribution in [2.24, 2.45) is 5.73 Å². The largest absolute Gasteiger partial charge is 0.330 e. The SMILES string of the molecule is CN(Cc1ccc(F)c(F)c1)C(C)(C)CCN. The highest BCUT2D eigenvalue weighted by atomic mass is 19.2. The van der Waals surface area contributed by atoms with Gasteiger partial charge in [-0.05, 0) is 51.6 Å². The molecule has 0 aromatic heterocycles. The number of hydrogen-bond donors (Lipinski definition) is 1. The Kier molecular flexibility index (Phi) is 4.60. The lowest BCUT2D eigenvalue weighted by molar-refractivity contribution is 0.140. The van der Waals surface area contributed by atoms with Gasteiger partial charge in [-0.1, -0.05) is 6.07 Å². The number of benzene rings is 1. The average Bonchev–Trinajstić information content (AvgIpc) is 2.23. The molecule has 0 aliphatic rings. The Morgan fingerprint density at radius 3 is 2.41 bits per heavy atom. The molecule has 0 aliphatic heterocycles. The van der Waals surface area contributed by atoms with Crippen LogP contribution in [0.2, 0.25) is 0 Å². The minimum absolute atomic E-state index is 0.0559. The standard InChI is InChI=1S/C13H20F2N2/c1-13(2,6-7-16)17(3)9-10-4-5-11(14)12(15)8-10/h4-5,8H,6-7,9,16H2,1-3H3. The molecule has 0 saturated heterocycles. The van der Waals surface area contributed by atoms with E-state index in [1.165, 1.54) is 6.07 Å². The monoisotopic (exact) mass is 242 g/mol. The highest BCUT2D eigenvalue weighted by Crippen LogP contribution is 2.19. The molecule has 0 amide bonds. The van der Waals surface area contributed by atoms with E-state index in [-0.39, 0.29) is 5.54 Å². The van der Waals surface area contributed by atoms with Gasteiger partial charge in [0.1, 0.15) is 0 Å². The summed E-state index contributed by atoms with van der Waals surface area (Å²) in [6.45, 7) is 5.35. The van der Waals surface area contributed by atoms with E-state index < -0.39 is 11.6 Å². The molecule has 2 N–H and O–H groups in total. The van der Waals surface area contributed by atoms with Crippen LogP contribution in [0.15, 0.2) is 18.2 Å². The molecule has 1 rings (SSSR count). The maximum Gasteiger partial charge on any atom is 0.159 e. The Balaban J connectivity index is 2.73. The maximum absolute atomic E-state index is 13.1. The van der Waals surface area contributed by atoms with Gasteiger partial charge < -0.3 is 5.73 Å². The van der Waals surface area contributed by atoms with Crippen LogP contribution < -0.4 is 5.73 Å². The van der Waals surface area contributed by atoms with Crippen molar-refractivity contribution in [3.05, 3.63) is 35.4 Å². The molecule has 96 valence electrons. The van der Waals surface area contributed by atoms with Crippen molar-refractivity contribution in [2.45, 2.75) is 32.4 Å². The van der Waals surface area contributed by atoms with Crippen LogP contribution in [-0.2, 0) is 6.54 Å². The maximum atomic E-state index is 13.1. The van der Waals surface area contributed by atoms with Gasteiger partial charge >= 0.3 is 0 Å². The van der Waals surface area contributed by atoms with E-state index in [1.54, 1.807) is 6.07 Å². The number of hydrogen-bond acceptors (Lipinski definition) is 2. The fraction of sp³-hybridized carbons (Fsp3) is 0.538. The number of halogens is 2. The smallest absolute Gasteiger partial charge is 0.159 e. The van der Waals surface area contributed by atoms with Gasteiger partial charge in [0.05, 0.1) is 0 Å². The van der Waals surface area contributed by atoms with Gasteiger partial charge in [-0.2, -0.15) is 0 Å². The highest BCUT2D eigenvalue weighted by Gasteiger charge is 2.22. The molecule has 2 nitrogen and oxygen atoms in total. The normalized spacial score (nSPS) is 12.2. The quantitative estimate of drug-likeness (QED) is 0.859. The van der Waals surface area contributed by atoms with Crippen LogP contribution in [0.4, 0.5) is 8.78 Å². The summed E-state index contributed by atoms with van der Waals surface area (Å²) < 4.78 is 25.8. The molecule has 0 unspecified atom stereocenters. The zero-order valence-corrected chi connectivity index (χ0v) is 10.6. The van der Waals surface area contributed by atoms with Gasteiger partial charge in [0.25, 0.3) is 0 Å². The minimum Gasteiger partial charge on any atom is -0.330 e. The summed E-state index contributed by atoms with van der Waals surface area (Å²) >= 11 is 0. The van der Waals surface area contributed by atoms with Gasteiger partial charge in [-0.25, -0.2) is 8.78 Å². The summed E-state index contributed by atoms with van der Waals surface area (Å²) in [6.07, 6.45) is 0.854. The molecule has 0 fully saturated rings. The summed E-state index contributed by atoms with van der Waals surface area (Å²) in [5.74, 6) is -1.61. The van der Waals surface area contributed by atoms with Crippen molar-refractivity contribution in [3.63, 3.8) is 0 Å². The molecule has 17 heavy (non-hydrogen) atoms. The molecule has 4 heteroatoms. The first-order valence-corrected chi connectivity index (χ1v) is 5.72. The van der Waals surface area contributed by atoms with Crippen LogP contribution in [0.1, 0.15) is 25.8 Å². The van der Waals surface area contributed by atoms with E-state index >= 15 is 0 Å². The number of nitrogens with two attached hydrogens (primary N) is 1. The average molecular weight is 242 g/mol. The molecule has 0 atom stereocenters. The van der Waals surface area contributed by atoms with Crippen molar-refractivity contribution in [2.75, 3.05) is 13.6 Å². The zero-order valence-electron chi connectivity index (χ0n) is 10.6. The fourth-order valence-corrected chi connectivity index (χ4v) is 1.67. The first-order chi connectivity index (χ1) is 7.86. The van der Waals surface area contributed by atoms with Crippen LogP contribution in [0.3, 0.4) is 0 Å². The van der Waals surface area contributed by atoms with Crippen molar-refractivity contribution >= 4 is 0 Å². The third-order valence-corrected chi connectivity index (χ3v) is 3.19. The Morgan fingerprint density at radius 1 is 1.24 bits per heavy atom. The van der Waals surface area contributed by atoms with E-state index in [2.05, 4.69) is 18.7 Å². The first kappa shape index (κ1) is 14.1. The Hall–Kier alpha value is -1.00. The Bertz CT molecular complexity index is 378. The number of nitrogens with zero attached hydrogens (tertiary/aromatic N) is 1. The fourth-order valence-electron chi connectivity index (χ4n) is 1.67. The third-order valence-electron chi connectivity index (χ3n) is 3.19. The van der Waals surface area contributed by atoms with Gasteiger partial charge in [0.2, 0.25) is 0 Å². The van der Waals surface area contributed by atoms with Crippen molar-refractivity contribution in [1.82, 2.24) is 4.90 Å². The molecular weight excluding hydrogens is 222 g/mol. The predicted octanol–water partition coefficient (Wildman–Crippen LogP) is 2.52. The first-order valence-electron chi connectivity index (χ1n) is 5.72. The van der Waals surface area contributed by atoms with E-state index in [0.717, 1.165) is 18.1 Å². The lowest BCUT2D eigenvalue weighted by Crippen LogP contribution is -2.42. The van der Waals surface area contributed by atoms with Crippen LogP contribution in [0.5, 0.6) is 0 Å². The van der Waals surface area contributed by atoms with Gasteiger partial charge in [-0.3, -0.25) is 4.90 Å². The lowest BCUT2D eigenvalue weighted by atomic mass is 9.98. The van der Waals surface area contributed by atoms with Crippen molar-refractivity contribution in [1.29, 1.82) is 0 Å². The van der Waals surface area contributed by atoms with Crippen molar-refractivity contribution in [3.8, 4) is 0 Å². The van der Waals surface area contributed by atoms with Crippen LogP contribution in [0.25, 0.3) is 0 Å². The van der Waals surface area contributed by atoms with E-state index in [4.69, 9.17) is 5.73 Å². The molecule has 0 radical (unpaired) electrons. The molecule has 0 saturated carbocycles. The summed E-state index contributed by atoms with van der Waals surface area (Å²) in [6, 6.07) is 4.01.